The van der Waals surface area contributed by atoms with Gasteiger partial charge in [-0.25, -0.2) is 0 Å². The Morgan fingerprint density at radius 2 is 2.12 bits per heavy atom. The van der Waals surface area contributed by atoms with Gasteiger partial charge in [0.1, 0.15) is 11.2 Å². The van der Waals surface area contributed by atoms with E-state index in [0.29, 0.717) is 12.8 Å². The normalized spacial score (nSPS) is 24.5. The highest BCUT2D eigenvalue weighted by Gasteiger charge is 2.48. The third-order valence-electron chi connectivity index (χ3n) is 3.11. The summed E-state index contributed by atoms with van der Waals surface area (Å²) in [5.74, 6) is -0.802. The minimum Gasteiger partial charge on any atom is -0.465 e. The standard InChI is InChI=1S/C12H17BrO4/c1-2-17-11(16)12(7-9(14)8-13)6-4-3-5-10(12)15/h2-8H2,1H3. The number of rotatable bonds is 5. The van der Waals surface area contributed by atoms with E-state index in [2.05, 4.69) is 15.9 Å². The summed E-state index contributed by atoms with van der Waals surface area (Å²) >= 11 is 3.06. The van der Waals surface area contributed by atoms with Crippen molar-refractivity contribution in [3.8, 4) is 0 Å². The third kappa shape index (κ3) is 3.15. The van der Waals surface area contributed by atoms with Crippen LogP contribution in [0.25, 0.3) is 0 Å². The van der Waals surface area contributed by atoms with E-state index < -0.39 is 11.4 Å². The second-order valence-electron chi connectivity index (χ2n) is 4.28. The van der Waals surface area contributed by atoms with Crippen LogP contribution in [0.15, 0.2) is 0 Å². The third-order valence-corrected chi connectivity index (χ3v) is 3.73. The minimum atomic E-state index is -1.21. The molecule has 0 spiro atoms. The van der Waals surface area contributed by atoms with E-state index in [1.165, 1.54) is 0 Å². The fraction of sp³-hybridized carbons (Fsp3) is 0.750. The molecule has 0 radical (unpaired) electrons. The van der Waals surface area contributed by atoms with Crippen molar-refractivity contribution in [1.29, 1.82) is 0 Å². The molecule has 1 fully saturated rings. The Labute approximate surface area is 109 Å². The summed E-state index contributed by atoms with van der Waals surface area (Å²) in [5.41, 5.74) is -1.21. The quantitative estimate of drug-likeness (QED) is 0.443. The molecule has 0 heterocycles. The van der Waals surface area contributed by atoms with Gasteiger partial charge in [0.25, 0.3) is 0 Å². The van der Waals surface area contributed by atoms with Crippen LogP contribution in [0.4, 0.5) is 0 Å². The molecule has 0 aromatic heterocycles. The number of hydrogen-bond acceptors (Lipinski definition) is 4. The van der Waals surface area contributed by atoms with Crippen LogP contribution in [0.3, 0.4) is 0 Å². The first-order valence-corrected chi connectivity index (χ1v) is 6.97. The molecular formula is C12H17BrO4. The summed E-state index contributed by atoms with van der Waals surface area (Å²) < 4.78 is 4.97. The lowest BCUT2D eigenvalue weighted by Crippen LogP contribution is -2.44. The van der Waals surface area contributed by atoms with E-state index in [0.717, 1.165) is 12.8 Å². The minimum absolute atomic E-state index is 0.0318. The lowest BCUT2D eigenvalue weighted by Gasteiger charge is -2.32. The maximum atomic E-state index is 12.0. The molecule has 0 N–H and O–H groups in total. The SMILES string of the molecule is CCOC(=O)C1(CC(=O)CBr)CCCCC1=O. The monoisotopic (exact) mass is 304 g/mol. The zero-order valence-corrected chi connectivity index (χ0v) is 11.5. The Balaban J connectivity index is 2.93. The number of Topliss-reactive ketones (excluding diaryl/α,β-unsaturated/α-hetero) is 2. The maximum Gasteiger partial charge on any atom is 0.320 e. The molecule has 5 heteroatoms. The van der Waals surface area contributed by atoms with Gasteiger partial charge in [-0.15, -0.1) is 0 Å². The van der Waals surface area contributed by atoms with Crippen LogP contribution in [0.1, 0.15) is 39.0 Å². The number of esters is 1. The number of carbonyl (C=O) groups excluding carboxylic acids is 3. The van der Waals surface area contributed by atoms with E-state index in [-0.39, 0.29) is 29.9 Å². The average Bonchev–Trinajstić information content (AvgIpc) is 2.32. The van der Waals surface area contributed by atoms with Crippen molar-refractivity contribution in [3.63, 3.8) is 0 Å². The van der Waals surface area contributed by atoms with E-state index in [4.69, 9.17) is 4.74 Å². The Hall–Kier alpha value is -0.710. The highest BCUT2D eigenvalue weighted by atomic mass is 79.9. The Bertz CT molecular complexity index is 326. The zero-order valence-electron chi connectivity index (χ0n) is 9.96. The lowest BCUT2D eigenvalue weighted by atomic mass is 9.70. The fourth-order valence-electron chi connectivity index (χ4n) is 2.22. The lowest BCUT2D eigenvalue weighted by molar-refractivity contribution is -0.164. The summed E-state index contributed by atoms with van der Waals surface area (Å²) in [6, 6.07) is 0. The molecule has 1 saturated carbocycles. The molecule has 0 amide bonds. The number of ketones is 2. The van der Waals surface area contributed by atoms with Gasteiger partial charge in [-0.3, -0.25) is 14.4 Å². The first-order valence-electron chi connectivity index (χ1n) is 5.85. The summed E-state index contributed by atoms with van der Waals surface area (Å²) in [6.45, 7) is 1.93. The van der Waals surface area contributed by atoms with Crippen molar-refractivity contribution in [2.75, 3.05) is 11.9 Å². The summed E-state index contributed by atoms with van der Waals surface area (Å²) in [4.78, 5) is 35.5. The summed E-state index contributed by atoms with van der Waals surface area (Å²) in [5, 5.41) is 0.168. The van der Waals surface area contributed by atoms with Crippen LogP contribution in [0.5, 0.6) is 0 Å². The number of halogens is 1. The average molecular weight is 305 g/mol. The second-order valence-corrected chi connectivity index (χ2v) is 4.84. The number of ether oxygens (including phenoxy) is 1. The predicted octanol–water partition coefficient (Wildman–Crippen LogP) is 2.03. The molecule has 96 valence electrons. The maximum absolute atomic E-state index is 12.0. The number of hydrogen-bond donors (Lipinski definition) is 0. The molecule has 0 aliphatic heterocycles. The van der Waals surface area contributed by atoms with E-state index in [1.54, 1.807) is 6.92 Å². The molecular weight excluding hydrogens is 288 g/mol. The molecule has 1 aliphatic rings. The van der Waals surface area contributed by atoms with Gasteiger partial charge in [-0.1, -0.05) is 22.4 Å². The Kier molecular flexibility index (Phi) is 5.31. The Morgan fingerprint density at radius 3 is 2.65 bits per heavy atom. The van der Waals surface area contributed by atoms with E-state index in [9.17, 15) is 14.4 Å². The molecule has 0 aromatic rings. The van der Waals surface area contributed by atoms with Crippen LogP contribution in [-0.2, 0) is 19.1 Å². The largest absolute Gasteiger partial charge is 0.465 e. The number of carbonyl (C=O) groups is 3. The van der Waals surface area contributed by atoms with Gasteiger partial charge in [-0.05, 0) is 19.8 Å². The second kappa shape index (κ2) is 6.28. The van der Waals surface area contributed by atoms with Crippen molar-refractivity contribution < 1.29 is 19.1 Å². The molecule has 1 atom stereocenters. The van der Waals surface area contributed by atoms with Crippen LogP contribution < -0.4 is 0 Å². The van der Waals surface area contributed by atoms with E-state index in [1.807, 2.05) is 0 Å². The van der Waals surface area contributed by atoms with Crippen LogP contribution in [-0.4, -0.2) is 29.5 Å². The molecule has 0 aromatic carbocycles. The predicted molar refractivity (Wildman–Crippen MR) is 66.0 cm³/mol. The van der Waals surface area contributed by atoms with Crippen molar-refractivity contribution in [2.24, 2.45) is 5.41 Å². The Morgan fingerprint density at radius 1 is 1.41 bits per heavy atom. The smallest absolute Gasteiger partial charge is 0.320 e. The molecule has 1 rings (SSSR count). The summed E-state index contributed by atoms with van der Waals surface area (Å²) in [7, 11) is 0. The molecule has 1 unspecified atom stereocenters. The molecule has 4 nitrogen and oxygen atoms in total. The van der Waals surface area contributed by atoms with Crippen molar-refractivity contribution >= 4 is 33.5 Å². The van der Waals surface area contributed by atoms with Gasteiger partial charge in [0, 0.05) is 12.8 Å². The highest BCUT2D eigenvalue weighted by molar-refractivity contribution is 9.09. The van der Waals surface area contributed by atoms with Gasteiger partial charge >= 0.3 is 5.97 Å². The van der Waals surface area contributed by atoms with Gasteiger partial charge in [0.2, 0.25) is 0 Å². The highest BCUT2D eigenvalue weighted by Crippen LogP contribution is 2.38. The molecule has 17 heavy (non-hydrogen) atoms. The summed E-state index contributed by atoms with van der Waals surface area (Å²) in [6.07, 6.45) is 2.36. The van der Waals surface area contributed by atoms with Crippen molar-refractivity contribution in [3.05, 3.63) is 0 Å². The zero-order chi connectivity index (χ0) is 12.9. The molecule has 0 saturated heterocycles. The van der Waals surface area contributed by atoms with Gasteiger partial charge < -0.3 is 4.74 Å². The van der Waals surface area contributed by atoms with Gasteiger partial charge in [-0.2, -0.15) is 0 Å². The van der Waals surface area contributed by atoms with E-state index >= 15 is 0 Å². The first kappa shape index (κ1) is 14.4. The topological polar surface area (TPSA) is 60.4 Å². The van der Waals surface area contributed by atoms with Crippen molar-refractivity contribution in [2.45, 2.75) is 39.0 Å². The van der Waals surface area contributed by atoms with Crippen LogP contribution >= 0.6 is 15.9 Å². The number of alkyl halides is 1. The first-order chi connectivity index (χ1) is 8.06. The molecule has 0 bridgehead atoms. The van der Waals surface area contributed by atoms with Gasteiger partial charge in [0.15, 0.2) is 5.78 Å². The van der Waals surface area contributed by atoms with Crippen LogP contribution in [0.2, 0.25) is 0 Å². The molecule has 1 aliphatic carbocycles. The van der Waals surface area contributed by atoms with Gasteiger partial charge in [0.05, 0.1) is 11.9 Å². The fourth-order valence-corrected chi connectivity index (χ4v) is 2.42. The van der Waals surface area contributed by atoms with Crippen LogP contribution in [0, 0.1) is 5.41 Å². The van der Waals surface area contributed by atoms with Crippen molar-refractivity contribution in [1.82, 2.24) is 0 Å².